The highest BCUT2D eigenvalue weighted by atomic mass is 32.1. The number of hydrogen-bond donors (Lipinski definition) is 2. The molecule has 6 heteroatoms. The van der Waals surface area contributed by atoms with Crippen molar-refractivity contribution < 1.29 is 0 Å². The predicted molar refractivity (Wildman–Crippen MR) is 92.5 cm³/mol. The lowest BCUT2D eigenvalue weighted by molar-refractivity contribution is 0.546. The SMILES string of the molecule is NCC[C@H]1CCN(c2nc(N)nc3c4c(sc23)CCCC4)C1. The number of thiophene rings is 1. The summed E-state index contributed by atoms with van der Waals surface area (Å²) < 4.78 is 1.24. The van der Waals surface area contributed by atoms with Gasteiger partial charge in [-0.3, -0.25) is 0 Å². The molecule has 0 unspecified atom stereocenters. The van der Waals surface area contributed by atoms with Crippen molar-refractivity contribution in [3.8, 4) is 0 Å². The number of nitrogen functional groups attached to an aromatic ring is 1. The minimum Gasteiger partial charge on any atom is -0.368 e. The molecular formula is C16H23N5S. The molecule has 1 saturated heterocycles. The zero-order chi connectivity index (χ0) is 15.1. The first-order chi connectivity index (χ1) is 10.8. The molecule has 0 amide bonds. The van der Waals surface area contributed by atoms with Crippen LogP contribution in [0.5, 0.6) is 0 Å². The third-order valence-corrected chi connectivity index (χ3v) is 6.23. The summed E-state index contributed by atoms with van der Waals surface area (Å²) in [4.78, 5) is 13.1. The van der Waals surface area contributed by atoms with Crippen molar-refractivity contribution in [3.05, 3.63) is 10.4 Å². The van der Waals surface area contributed by atoms with E-state index in [4.69, 9.17) is 11.5 Å². The Hall–Kier alpha value is -1.40. The summed E-state index contributed by atoms with van der Waals surface area (Å²) in [5.74, 6) is 2.16. The van der Waals surface area contributed by atoms with E-state index in [1.54, 1.807) is 0 Å². The molecule has 118 valence electrons. The highest BCUT2D eigenvalue weighted by Gasteiger charge is 2.27. The van der Waals surface area contributed by atoms with E-state index in [1.807, 2.05) is 11.3 Å². The maximum Gasteiger partial charge on any atom is 0.222 e. The van der Waals surface area contributed by atoms with E-state index in [-0.39, 0.29) is 0 Å². The molecule has 22 heavy (non-hydrogen) atoms. The Labute approximate surface area is 134 Å². The largest absolute Gasteiger partial charge is 0.368 e. The standard InChI is InChI=1S/C16H23N5S/c17-7-5-10-6-8-21(9-10)15-14-13(19-16(18)20-15)11-3-1-2-4-12(11)22-14/h10H,1-9,17H2,(H2,18,19,20)/t10-/m0/s1. The van der Waals surface area contributed by atoms with Crippen LogP contribution in [0.2, 0.25) is 0 Å². The molecule has 5 nitrogen and oxygen atoms in total. The normalized spacial score (nSPS) is 21.5. The fourth-order valence-corrected chi connectivity index (χ4v) is 5.17. The summed E-state index contributed by atoms with van der Waals surface area (Å²) in [6, 6.07) is 0. The molecule has 1 fully saturated rings. The van der Waals surface area contributed by atoms with E-state index < -0.39 is 0 Å². The molecule has 1 aliphatic heterocycles. The summed E-state index contributed by atoms with van der Waals surface area (Å²) in [5, 5.41) is 0. The third kappa shape index (κ3) is 2.34. The average Bonchev–Trinajstić information content (AvgIpc) is 3.12. The van der Waals surface area contributed by atoms with Gasteiger partial charge in [-0.1, -0.05) is 0 Å². The van der Waals surface area contributed by atoms with Crippen LogP contribution in [0.1, 0.15) is 36.1 Å². The Bertz CT molecular complexity index is 695. The van der Waals surface area contributed by atoms with Crippen LogP contribution in [0.3, 0.4) is 0 Å². The van der Waals surface area contributed by atoms with Crippen molar-refractivity contribution in [3.63, 3.8) is 0 Å². The van der Waals surface area contributed by atoms with Crippen molar-refractivity contribution in [2.24, 2.45) is 11.7 Å². The van der Waals surface area contributed by atoms with E-state index in [0.717, 1.165) is 43.8 Å². The van der Waals surface area contributed by atoms with Crippen LogP contribution in [0.15, 0.2) is 0 Å². The van der Waals surface area contributed by atoms with Crippen molar-refractivity contribution in [1.82, 2.24) is 9.97 Å². The number of aryl methyl sites for hydroxylation is 2. The van der Waals surface area contributed by atoms with Crippen LogP contribution < -0.4 is 16.4 Å². The monoisotopic (exact) mass is 317 g/mol. The molecule has 3 heterocycles. The fourth-order valence-electron chi connectivity index (χ4n) is 3.83. The van der Waals surface area contributed by atoms with Gasteiger partial charge in [-0.25, -0.2) is 4.98 Å². The topological polar surface area (TPSA) is 81.1 Å². The second kappa shape index (κ2) is 5.66. The number of rotatable bonds is 3. The summed E-state index contributed by atoms with van der Waals surface area (Å²) in [6.45, 7) is 2.87. The van der Waals surface area contributed by atoms with Gasteiger partial charge >= 0.3 is 0 Å². The second-order valence-electron chi connectivity index (χ2n) is 6.47. The van der Waals surface area contributed by atoms with E-state index in [9.17, 15) is 0 Å². The van der Waals surface area contributed by atoms with Gasteiger partial charge in [0.1, 0.15) is 0 Å². The number of fused-ring (bicyclic) bond motifs is 3. The van der Waals surface area contributed by atoms with Gasteiger partial charge in [0.05, 0.1) is 10.2 Å². The number of nitrogens with two attached hydrogens (primary N) is 2. The maximum absolute atomic E-state index is 6.01. The summed E-state index contributed by atoms with van der Waals surface area (Å²) in [7, 11) is 0. The maximum atomic E-state index is 6.01. The van der Waals surface area contributed by atoms with Crippen molar-refractivity contribution >= 4 is 33.3 Å². The number of aromatic nitrogens is 2. The lowest BCUT2D eigenvalue weighted by Crippen LogP contribution is -2.22. The molecule has 0 radical (unpaired) electrons. The lowest BCUT2D eigenvalue weighted by Gasteiger charge is -2.18. The second-order valence-corrected chi connectivity index (χ2v) is 7.58. The van der Waals surface area contributed by atoms with E-state index in [1.165, 1.54) is 40.8 Å². The van der Waals surface area contributed by atoms with Crippen molar-refractivity contribution in [1.29, 1.82) is 0 Å². The number of nitrogens with zero attached hydrogens (tertiary/aromatic N) is 3. The Kier molecular flexibility index (Phi) is 3.66. The Morgan fingerprint density at radius 1 is 1.23 bits per heavy atom. The molecule has 0 saturated carbocycles. The van der Waals surface area contributed by atoms with Crippen LogP contribution in [-0.2, 0) is 12.8 Å². The van der Waals surface area contributed by atoms with Crippen LogP contribution in [0, 0.1) is 5.92 Å². The molecule has 4 rings (SSSR count). The lowest BCUT2D eigenvalue weighted by atomic mass is 9.98. The zero-order valence-corrected chi connectivity index (χ0v) is 13.7. The highest BCUT2D eigenvalue weighted by molar-refractivity contribution is 7.19. The molecule has 0 bridgehead atoms. The van der Waals surface area contributed by atoms with Gasteiger partial charge < -0.3 is 16.4 Å². The first-order valence-corrected chi connectivity index (χ1v) is 9.10. The van der Waals surface area contributed by atoms with Gasteiger partial charge in [0.25, 0.3) is 0 Å². The van der Waals surface area contributed by atoms with Gasteiger partial charge in [-0.15, -0.1) is 11.3 Å². The number of anilines is 2. The fraction of sp³-hybridized carbons (Fsp3) is 0.625. The zero-order valence-electron chi connectivity index (χ0n) is 12.8. The van der Waals surface area contributed by atoms with Gasteiger partial charge in [0.15, 0.2) is 5.82 Å². The highest BCUT2D eigenvalue weighted by Crippen LogP contribution is 2.40. The Balaban J connectivity index is 1.76. The van der Waals surface area contributed by atoms with E-state index in [2.05, 4.69) is 14.9 Å². The minimum absolute atomic E-state index is 0.413. The van der Waals surface area contributed by atoms with Crippen molar-refractivity contribution in [2.45, 2.75) is 38.5 Å². The number of hydrogen-bond acceptors (Lipinski definition) is 6. The van der Waals surface area contributed by atoms with Gasteiger partial charge in [0.2, 0.25) is 5.95 Å². The quantitative estimate of drug-likeness (QED) is 0.908. The molecule has 0 aromatic carbocycles. The Morgan fingerprint density at radius 3 is 2.95 bits per heavy atom. The third-order valence-electron chi connectivity index (χ3n) is 4.95. The molecule has 4 N–H and O–H groups in total. The summed E-state index contributed by atoms with van der Waals surface area (Å²) >= 11 is 1.89. The molecule has 1 atom stereocenters. The summed E-state index contributed by atoms with van der Waals surface area (Å²) in [5.41, 5.74) is 14.3. The van der Waals surface area contributed by atoms with Crippen LogP contribution >= 0.6 is 11.3 Å². The molecular weight excluding hydrogens is 294 g/mol. The summed E-state index contributed by atoms with van der Waals surface area (Å²) in [6.07, 6.45) is 7.18. The first-order valence-electron chi connectivity index (χ1n) is 8.29. The molecule has 2 aliphatic rings. The molecule has 1 aliphatic carbocycles. The van der Waals surface area contributed by atoms with Gasteiger partial charge in [-0.05, 0) is 56.6 Å². The van der Waals surface area contributed by atoms with Gasteiger partial charge in [-0.2, -0.15) is 4.98 Å². The molecule has 2 aromatic rings. The van der Waals surface area contributed by atoms with Crippen LogP contribution in [0.4, 0.5) is 11.8 Å². The first kappa shape index (κ1) is 14.2. The smallest absolute Gasteiger partial charge is 0.222 e. The molecule has 0 spiro atoms. The van der Waals surface area contributed by atoms with Crippen LogP contribution in [-0.4, -0.2) is 29.6 Å². The Morgan fingerprint density at radius 2 is 2.09 bits per heavy atom. The van der Waals surface area contributed by atoms with Crippen molar-refractivity contribution in [2.75, 3.05) is 30.3 Å². The molecule has 2 aromatic heterocycles. The van der Waals surface area contributed by atoms with E-state index >= 15 is 0 Å². The van der Waals surface area contributed by atoms with Gasteiger partial charge in [0, 0.05) is 18.0 Å². The predicted octanol–water partition coefficient (Wildman–Crippen LogP) is 2.33. The minimum atomic E-state index is 0.413. The average molecular weight is 317 g/mol. The van der Waals surface area contributed by atoms with Crippen LogP contribution in [0.25, 0.3) is 10.2 Å². The van der Waals surface area contributed by atoms with E-state index in [0.29, 0.717) is 11.9 Å².